The van der Waals surface area contributed by atoms with Crippen LogP contribution in [0.1, 0.15) is 25.3 Å². The van der Waals surface area contributed by atoms with Crippen molar-refractivity contribution in [3.8, 4) is 5.75 Å². The molecule has 0 amide bonds. The Kier molecular flexibility index (Phi) is 3.49. The average molecular weight is 232 g/mol. The van der Waals surface area contributed by atoms with Crippen molar-refractivity contribution in [3.63, 3.8) is 0 Å². The molecule has 0 aliphatic heterocycles. The molecule has 1 aromatic rings. The molecule has 0 spiro atoms. The normalized spacial score (nSPS) is 10.9. The third kappa shape index (κ3) is 2.11. The Morgan fingerprint density at radius 1 is 1.15 bits per heavy atom. The lowest BCUT2D eigenvalue weighted by Gasteiger charge is -2.14. The summed E-state index contributed by atoms with van der Waals surface area (Å²) in [6.45, 7) is 4.11. The summed E-state index contributed by atoms with van der Waals surface area (Å²) in [6, 6.07) is 1.60. The Balaban J connectivity index is 3.44. The van der Waals surface area contributed by atoms with E-state index in [1.807, 2.05) is 0 Å². The van der Waals surface area contributed by atoms with Crippen molar-refractivity contribution < 1.29 is 5.11 Å². The van der Waals surface area contributed by atoms with Crippen molar-refractivity contribution in [1.82, 2.24) is 0 Å². The van der Waals surface area contributed by atoms with E-state index in [4.69, 9.17) is 0 Å². The van der Waals surface area contributed by atoms with Crippen LogP contribution in [0.3, 0.4) is 0 Å². The number of hydrogen-bond donors (Lipinski definition) is 4. The van der Waals surface area contributed by atoms with Crippen molar-refractivity contribution in [2.45, 2.75) is 34.5 Å². The maximum absolute atomic E-state index is 9.41. The van der Waals surface area contributed by atoms with E-state index in [-0.39, 0.29) is 5.75 Å². The Labute approximate surface area is 94.8 Å². The van der Waals surface area contributed by atoms with E-state index < -0.39 is 0 Å². The van der Waals surface area contributed by atoms with Gasteiger partial charge in [0.05, 0.1) is 4.90 Å². The fourth-order valence-electron chi connectivity index (χ4n) is 1.21. The topological polar surface area (TPSA) is 20.2 Å². The van der Waals surface area contributed by atoms with Crippen LogP contribution >= 0.6 is 37.9 Å². The van der Waals surface area contributed by atoms with E-state index >= 15 is 0 Å². The zero-order valence-corrected chi connectivity index (χ0v) is 10.1. The van der Waals surface area contributed by atoms with Gasteiger partial charge in [0, 0.05) is 9.79 Å². The lowest BCUT2D eigenvalue weighted by atomic mass is 10.0. The Hall–Kier alpha value is 0.0700. The first-order valence-electron chi connectivity index (χ1n) is 3.92. The van der Waals surface area contributed by atoms with Gasteiger partial charge in [0.2, 0.25) is 0 Å². The average Bonchev–Trinajstić information content (AvgIpc) is 1.99. The molecule has 0 heterocycles. The standard InChI is InChI=1S/C9H12OS3/c1-4(2)7-6(11)3-5(10)8(12)9(7)13/h3-4,10-13H,1-2H3. The van der Waals surface area contributed by atoms with Crippen LogP contribution in [0, 0.1) is 0 Å². The number of thiol groups is 3. The van der Waals surface area contributed by atoms with Crippen molar-refractivity contribution >= 4 is 37.9 Å². The molecule has 0 unspecified atom stereocenters. The zero-order chi connectivity index (χ0) is 10.2. The van der Waals surface area contributed by atoms with Gasteiger partial charge in [-0.3, -0.25) is 0 Å². The van der Waals surface area contributed by atoms with Crippen LogP contribution in [0.4, 0.5) is 0 Å². The molecule has 0 fully saturated rings. The van der Waals surface area contributed by atoms with E-state index in [9.17, 15) is 5.11 Å². The van der Waals surface area contributed by atoms with E-state index in [0.29, 0.717) is 15.7 Å². The molecule has 0 aliphatic carbocycles. The van der Waals surface area contributed by atoms with Gasteiger partial charge in [-0.25, -0.2) is 0 Å². The fourth-order valence-corrected chi connectivity index (χ4v) is 2.47. The predicted octanol–water partition coefficient (Wildman–Crippen LogP) is 3.38. The van der Waals surface area contributed by atoms with Gasteiger partial charge in [-0.05, 0) is 17.5 Å². The summed E-state index contributed by atoms with van der Waals surface area (Å²) in [5, 5.41) is 9.41. The van der Waals surface area contributed by atoms with Crippen molar-refractivity contribution in [3.05, 3.63) is 11.6 Å². The number of rotatable bonds is 1. The zero-order valence-electron chi connectivity index (χ0n) is 7.44. The first-order valence-corrected chi connectivity index (χ1v) is 5.26. The number of hydrogen-bond acceptors (Lipinski definition) is 4. The fraction of sp³-hybridized carbons (Fsp3) is 0.333. The highest BCUT2D eigenvalue weighted by Gasteiger charge is 2.13. The molecule has 0 aliphatic rings. The van der Waals surface area contributed by atoms with E-state index in [1.165, 1.54) is 0 Å². The maximum Gasteiger partial charge on any atom is 0.131 e. The molecule has 72 valence electrons. The quantitative estimate of drug-likeness (QED) is 0.547. The predicted molar refractivity (Wildman–Crippen MR) is 64.0 cm³/mol. The summed E-state index contributed by atoms with van der Waals surface area (Å²) < 4.78 is 0. The minimum atomic E-state index is 0.128. The molecule has 0 radical (unpaired) electrons. The minimum Gasteiger partial charge on any atom is -0.507 e. The van der Waals surface area contributed by atoms with Gasteiger partial charge in [0.1, 0.15) is 5.75 Å². The minimum absolute atomic E-state index is 0.128. The van der Waals surface area contributed by atoms with Gasteiger partial charge in [-0.1, -0.05) is 13.8 Å². The highest BCUT2D eigenvalue weighted by Crippen LogP contribution is 2.38. The summed E-state index contributed by atoms with van der Waals surface area (Å²) in [5.74, 6) is 0.453. The molecule has 1 nitrogen and oxygen atoms in total. The van der Waals surface area contributed by atoms with Crippen LogP contribution in [0.25, 0.3) is 0 Å². The first kappa shape index (κ1) is 11.1. The molecule has 13 heavy (non-hydrogen) atoms. The monoisotopic (exact) mass is 232 g/mol. The van der Waals surface area contributed by atoms with Crippen molar-refractivity contribution in [2.24, 2.45) is 0 Å². The van der Waals surface area contributed by atoms with Gasteiger partial charge in [-0.15, -0.1) is 37.9 Å². The highest BCUT2D eigenvalue weighted by atomic mass is 32.1. The van der Waals surface area contributed by atoms with Crippen LogP contribution < -0.4 is 0 Å². The molecule has 0 saturated carbocycles. The van der Waals surface area contributed by atoms with Gasteiger partial charge < -0.3 is 5.11 Å². The lowest BCUT2D eigenvalue weighted by Crippen LogP contribution is -1.93. The second-order valence-corrected chi connectivity index (χ2v) is 4.56. The van der Waals surface area contributed by atoms with E-state index in [0.717, 1.165) is 10.5 Å². The SMILES string of the molecule is CC(C)c1c(S)cc(O)c(S)c1S. The molecular weight excluding hydrogens is 220 g/mol. The summed E-state index contributed by atoms with van der Waals surface area (Å²) >= 11 is 12.7. The van der Waals surface area contributed by atoms with Gasteiger partial charge >= 0.3 is 0 Å². The van der Waals surface area contributed by atoms with Crippen LogP contribution in [-0.4, -0.2) is 5.11 Å². The van der Waals surface area contributed by atoms with Crippen LogP contribution in [-0.2, 0) is 0 Å². The lowest BCUT2D eigenvalue weighted by molar-refractivity contribution is 0.456. The van der Waals surface area contributed by atoms with Crippen LogP contribution in [0.2, 0.25) is 0 Å². The van der Waals surface area contributed by atoms with Crippen molar-refractivity contribution in [1.29, 1.82) is 0 Å². The third-order valence-corrected chi connectivity index (χ3v) is 3.31. The summed E-state index contributed by atoms with van der Waals surface area (Å²) in [6.07, 6.45) is 0. The molecule has 1 aromatic carbocycles. The summed E-state index contributed by atoms with van der Waals surface area (Å²) in [4.78, 5) is 1.99. The summed E-state index contributed by atoms with van der Waals surface area (Å²) in [7, 11) is 0. The number of phenols is 1. The highest BCUT2D eigenvalue weighted by molar-refractivity contribution is 7.83. The molecule has 1 rings (SSSR count). The van der Waals surface area contributed by atoms with Gasteiger partial charge in [0.25, 0.3) is 0 Å². The second kappa shape index (κ2) is 4.07. The molecule has 1 N–H and O–H groups in total. The molecule has 0 aromatic heterocycles. The Bertz CT molecular complexity index is 334. The molecule has 0 atom stereocenters. The maximum atomic E-state index is 9.41. The van der Waals surface area contributed by atoms with Crippen molar-refractivity contribution in [2.75, 3.05) is 0 Å². The smallest absolute Gasteiger partial charge is 0.131 e. The van der Waals surface area contributed by atoms with E-state index in [1.54, 1.807) is 6.07 Å². The number of aromatic hydroxyl groups is 1. The van der Waals surface area contributed by atoms with Gasteiger partial charge in [-0.2, -0.15) is 0 Å². The van der Waals surface area contributed by atoms with Gasteiger partial charge in [0.15, 0.2) is 0 Å². The Morgan fingerprint density at radius 2 is 1.69 bits per heavy atom. The number of benzene rings is 1. The van der Waals surface area contributed by atoms with Crippen LogP contribution in [0.5, 0.6) is 5.75 Å². The molecular formula is C9H12OS3. The van der Waals surface area contributed by atoms with Crippen LogP contribution in [0.15, 0.2) is 20.8 Å². The summed E-state index contributed by atoms with van der Waals surface area (Å²) in [5.41, 5.74) is 1.02. The largest absolute Gasteiger partial charge is 0.507 e. The Morgan fingerprint density at radius 3 is 2.15 bits per heavy atom. The second-order valence-electron chi connectivity index (χ2n) is 3.18. The molecule has 0 saturated heterocycles. The third-order valence-electron chi connectivity index (χ3n) is 1.85. The molecule has 4 heteroatoms. The number of phenolic OH excluding ortho intramolecular Hbond substituents is 1. The molecule has 0 bridgehead atoms. The van der Waals surface area contributed by atoms with E-state index in [2.05, 4.69) is 51.7 Å². The first-order chi connectivity index (χ1) is 5.95.